The Morgan fingerprint density at radius 3 is 2.58 bits per heavy atom. The molecule has 2 heterocycles. The van der Waals surface area contributed by atoms with E-state index in [1.54, 1.807) is 12.0 Å². The fraction of sp³-hybridized carbons (Fsp3) is 0.533. The van der Waals surface area contributed by atoms with E-state index in [0.29, 0.717) is 37.1 Å². The Morgan fingerprint density at radius 1 is 1.10 bits per heavy atom. The SMILES string of the molecule is COCCN(CC(=O)Nc1nc(CC(=O)N2CCN(CC=Cc3ccccc3)CC2)cs1)C(=O)C1CCCCC1. The van der Waals surface area contributed by atoms with Crippen LogP contribution >= 0.6 is 11.3 Å². The molecule has 10 heteroatoms. The number of benzene rings is 1. The topological polar surface area (TPSA) is 95.1 Å². The lowest BCUT2D eigenvalue weighted by atomic mass is 9.88. The summed E-state index contributed by atoms with van der Waals surface area (Å²) in [6.45, 7) is 4.65. The highest BCUT2D eigenvalue weighted by Gasteiger charge is 2.27. The Balaban J connectivity index is 1.20. The largest absolute Gasteiger partial charge is 0.383 e. The molecule has 4 rings (SSSR count). The average Bonchev–Trinajstić information content (AvgIpc) is 3.42. The molecular weight excluding hydrogens is 526 g/mol. The van der Waals surface area contributed by atoms with Crippen LogP contribution in [0, 0.1) is 5.92 Å². The van der Waals surface area contributed by atoms with Gasteiger partial charge in [-0.3, -0.25) is 19.3 Å². The molecule has 1 aliphatic carbocycles. The lowest BCUT2D eigenvalue weighted by Crippen LogP contribution is -2.49. The molecule has 2 aliphatic rings. The van der Waals surface area contributed by atoms with E-state index in [-0.39, 0.29) is 36.6 Å². The predicted molar refractivity (Wildman–Crippen MR) is 158 cm³/mol. The first-order valence-corrected chi connectivity index (χ1v) is 15.1. The van der Waals surface area contributed by atoms with Gasteiger partial charge in [0.15, 0.2) is 5.13 Å². The summed E-state index contributed by atoms with van der Waals surface area (Å²) < 4.78 is 5.16. The van der Waals surface area contributed by atoms with Crippen LogP contribution in [0.2, 0.25) is 0 Å². The van der Waals surface area contributed by atoms with E-state index < -0.39 is 0 Å². The van der Waals surface area contributed by atoms with Crippen molar-refractivity contribution < 1.29 is 19.1 Å². The van der Waals surface area contributed by atoms with E-state index in [0.717, 1.165) is 45.3 Å². The number of thiazole rings is 1. The number of rotatable bonds is 12. The van der Waals surface area contributed by atoms with Crippen molar-refractivity contribution in [1.82, 2.24) is 19.7 Å². The van der Waals surface area contributed by atoms with Gasteiger partial charge in [0.05, 0.1) is 18.7 Å². The summed E-state index contributed by atoms with van der Waals surface area (Å²) in [4.78, 5) is 49.0. The number of amides is 3. The summed E-state index contributed by atoms with van der Waals surface area (Å²) in [6, 6.07) is 10.2. The second-order valence-electron chi connectivity index (χ2n) is 10.5. The molecule has 0 spiro atoms. The van der Waals surface area contributed by atoms with E-state index in [2.05, 4.69) is 39.5 Å². The van der Waals surface area contributed by atoms with Gasteiger partial charge in [-0.15, -0.1) is 11.3 Å². The highest BCUT2D eigenvalue weighted by molar-refractivity contribution is 7.13. The van der Waals surface area contributed by atoms with Crippen LogP contribution in [-0.2, 0) is 25.5 Å². The second kappa shape index (κ2) is 15.6. The van der Waals surface area contributed by atoms with Gasteiger partial charge in [-0.25, -0.2) is 4.98 Å². The number of aromatic nitrogens is 1. The number of nitrogens with zero attached hydrogens (tertiary/aromatic N) is 4. The molecule has 0 bridgehead atoms. The quantitative estimate of drug-likeness (QED) is 0.422. The number of carbonyl (C=O) groups excluding carboxylic acids is 3. The number of hydrogen-bond acceptors (Lipinski definition) is 7. The Bertz CT molecular complexity index is 1120. The molecule has 2 aromatic rings. The van der Waals surface area contributed by atoms with Crippen molar-refractivity contribution in [3.63, 3.8) is 0 Å². The molecule has 216 valence electrons. The third kappa shape index (κ3) is 9.25. The van der Waals surface area contributed by atoms with Crippen molar-refractivity contribution in [3.8, 4) is 0 Å². The van der Waals surface area contributed by atoms with Crippen LogP contribution in [-0.4, -0.2) is 96.9 Å². The van der Waals surface area contributed by atoms with Crippen LogP contribution in [0.1, 0.15) is 43.4 Å². The molecule has 2 fully saturated rings. The molecule has 1 saturated carbocycles. The molecule has 1 aliphatic heterocycles. The summed E-state index contributed by atoms with van der Waals surface area (Å²) in [6.07, 6.45) is 9.55. The molecule has 0 atom stereocenters. The summed E-state index contributed by atoms with van der Waals surface area (Å²) in [5.74, 6) is -0.218. The number of piperazine rings is 1. The van der Waals surface area contributed by atoms with Gasteiger partial charge in [-0.1, -0.05) is 61.7 Å². The highest BCUT2D eigenvalue weighted by atomic mass is 32.1. The monoisotopic (exact) mass is 567 g/mol. The number of nitrogens with one attached hydrogen (secondary N) is 1. The summed E-state index contributed by atoms with van der Waals surface area (Å²) in [5, 5.41) is 5.07. The Labute approximate surface area is 241 Å². The molecule has 40 heavy (non-hydrogen) atoms. The maximum Gasteiger partial charge on any atom is 0.245 e. The van der Waals surface area contributed by atoms with Crippen molar-refractivity contribution in [2.45, 2.75) is 38.5 Å². The number of methoxy groups -OCH3 is 1. The first kappa shape index (κ1) is 29.9. The second-order valence-corrected chi connectivity index (χ2v) is 11.3. The number of carbonyl (C=O) groups is 3. The zero-order valence-corrected chi connectivity index (χ0v) is 24.2. The standard InChI is InChI=1S/C30H41N5O4S/c1-39-20-19-35(29(38)25-12-6-3-7-13-25)22-27(36)32-30-31-26(23-40-30)21-28(37)34-17-15-33(16-18-34)14-8-11-24-9-4-2-5-10-24/h2,4-5,8-11,23,25H,3,6-7,12-22H2,1H3,(H,31,32,36). The van der Waals surface area contributed by atoms with Gasteiger partial charge in [0.2, 0.25) is 17.7 Å². The zero-order chi connectivity index (χ0) is 28.2. The molecule has 1 saturated heterocycles. The maximum absolute atomic E-state index is 13.0. The molecular formula is C30H41N5O4S. The lowest BCUT2D eigenvalue weighted by Gasteiger charge is -2.34. The van der Waals surface area contributed by atoms with Crippen molar-refractivity contribution in [3.05, 3.63) is 53.0 Å². The van der Waals surface area contributed by atoms with E-state index in [1.807, 2.05) is 28.5 Å². The molecule has 3 amide bonds. The Morgan fingerprint density at radius 2 is 1.85 bits per heavy atom. The summed E-state index contributed by atoms with van der Waals surface area (Å²) >= 11 is 1.30. The Hall–Kier alpha value is -3.08. The predicted octanol–water partition coefficient (Wildman–Crippen LogP) is 3.54. The molecule has 9 nitrogen and oxygen atoms in total. The van der Waals surface area contributed by atoms with Gasteiger partial charge in [0, 0.05) is 57.7 Å². The summed E-state index contributed by atoms with van der Waals surface area (Å²) in [5.41, 5.74) is 1.83. The zero-order valence-electron chi connectivity index (χ0n) is 23.4. The van der Waals surface area contributed by atoms with Crippen molar-refractivity contribution in [2.75, 3.05) is 64.8 Å². The number of ether oxygens (including phenoxy) is 1. The smallest absolute Gasteiger partial charge is 0.245 e. The molecule has 0 radical (unpaired) electrons. The lowest BCUT2D eigenvalue weighted by molar-refractivity contribution is -0.140. The average molecular weight is 568 g/mol. The van der Waals surface area contributed by atoms with E-state index in [9.17, 15) is 14.4 Å². The molecule has 1 N–H and O–H groups in total. The molecule has 0 unspecified atom stereocenters. The van der Waals surface area contributed by atoms with Crippen LogP contribution in [0.15, 0.2) is 41.8 Å². The third-order valence-corrected chi connectivity index (χ3v) is 8.30. The summed E-state index contributed by atoms with van der Waals surface area (Å²) in [7, 11) is 1.59. The van der Waals surface area contributed by atoms with Gasteiger partial charge in [-0.2, -0.15) is 0 Å². The number of hydrogen-bond donors (Lipinski definition) is 1. The highest BCUT2D eigenvalue weighted by Crippen LogP contribution is 2.25. The van der Waals surface area contributed by atoms with E-state index in [4.69, 9.17) is 4.74 Å². The van der Waals surface area contributed by atoms with E-state index >= 15 is 0 Å². The minimum atomic E-state index is -0.287. The Kier molecular flexibility index (Phi) is 11.7. The van der Waals surface area contributed by atoms with Gasteiger partial charge in [0.1, 0.15) is 6.54 Å². The van der Waals surface area contributed by atoms with Gasteiger partial charge >= 0.3 is 0 Å². The van der Waals surface area contributed by atoms with Gasteiger partial charge < -0.3 is 19.9 Å². The minimum Gasteiger partial charge on any atom is -0.383 e. The number of anilines is 1. The van der Waals surface area contributed by atoms with E-state index in [1.165, 1.54) is 23.3 Å². The van der Waals surface area contributed by atoms with Gasteiger partial charge in [0.25, 0.3) is 0 Å². The van der Waals surface area contributed by atoms with Crippen molar-refractivity contribution in [2.24, 2.45) is 5.92 Å². The van der Waals surface area contributed by atoms with Crippen molar-refractivity contribution >= 4 is 40.3 Å². The molecule has 1 aromatic heterocycles. The van der Waals surface area contributed by atoms with Crippen molar-refractivity contribution in [1.29, 1.82) is 0 Å². The third-order valence-electron chi connectivity index (χ3n) is 7.49. The van der Waals surface area contributed by atoms with Crippen LogP contribution < -0.4 is 5.32 Å². The van der Waals surface area contributed by atoms with Crippen LogP contribution in [0.4, 0.5) is 5.13 Å². The van der Waals surface area contributed by atoms with Crippen LogP contribution in [0.5, 0.6) is 0 Å². The fourth-order valence-corrected chi connectivity index (χ4v) is 5.93. The van der Waals surface area contributed by atoms with Crippen LogP contribution in [0.25, 0.3) is 6.08 Å². The minimum absolute atomic E-state index is 0.0106. The first-order chi connectivity index (χ1) is 19.5. The fourth-order valence-electron chi connectivity index (χ4n) is 5.20. The van der Waals surface area contributed by atoms with Crippen LogP contribution in [0.3, 0.4) is 0 Å². The normalized spacial score (nSPS) is 16.8. The maximum atomic E-state index is 13.0. The first-order valence-electron chi connectivity index (χ1n) is 14.3. The van der Waals surface area contributed by atoms with Gasteiger partial charge in [-0.05, 0) is 18.4 Å². The molecule has 1 aromatic carbocycles.